The molecule has 122 valence electrons. The first kappa shape index (κ1) is 16.6. The highest BCUT2D eigenvalue weighted by Crippen LogP contribution is 2.38. The Morgan fingerprint density at radius 3 is 2.46 bits per heavy atom. The lowest BCUT2D eigenvalue weighted by Gasteiger charge is -2.19. The summed E-state index contributed by atoms with van der Waals surface area (Å²) < 4.78 is 14.6. The molecule has 1 aromatic heterocycles. The summed E-state index contributed by atoms with van der Waals surface area (Å²) in [4.78, 5) is 3.85. The van der Waals surface area contributed by atoms with Gasteiger partial charge in [0.15, 0.2) is 0 Å². The Hall–Kier alpha value is -2.21. The molecule has 4 nitrogen and oxygen atoms in total. The SMILES string of the molecule is OC(C(=C(Cl)n1cncn1)c1ccc(F)cc1)c1ccccc1Cl. The van der Waals surface area contributed by atoms with Crippen LogP contribution >= 0.6 is 23.2 Å². The maximum absolute atomic E-state index is 13.3. The monoisotopic (exact) mass is 363 g/mol. The highest BCUT2D eigenvalue weighted by Gasteiger charge is 2.22. The largest absolute Gasteiger partial charge is 0.383 e. The molecule has 1 N–H and O–H groups in total. The smallest absolute Gasteiger partial charge is 0.139 e. The summed E-state index contributed by atoms with van der Waals surface area (Å²) in [7, 11) is 0. The first-order valence-corrected chi connectivity index (χ1v) is 7.76. The van der Waals surface area contributed by atoms with Crippen LogP contribution in [0.25, 0.3) is 10.7 Å². The van der Waals surface area contributed by atoms with E-state index in [1.54, 1.807) is 24.3 Å². The Bertz CT molecular complexity index is 864. The Labute approximate surface area is 147 Å². The molecule has 0 spiro atoms. The number of aliphatic hydroxyl groups is 1. The first-order chi connectivity index (χ1) is 11.6. The third kappa shape index (κ3) is 3.33. The van der Waals surface area contributed by atoms with Crippen molar-refractivity contribution < 1.29 is 9.50 Å². The summed E-state index contributed by atoms with van der Waals surface area (Å²) in [5.74, 6) is -0.387. The average Bonchev–Trinajstić information content (AvgIpc) is 3.11. The van der Waals surface area contributed by atoms with Crippen molar-refractivity contribution in [3.05, 3.63) is 83.2 Å². The normalized spacial score (nSPS) is 13.5. The molecule has 0 fully saturated rings. The molecule has 0 amide bonds. The Kier molecular flexibility index (Phi) is 4.94. The lowest BCUT2D eigenvalue weighted by atomic mass is 9.96. The van der Waals surface area contributed by atoms with E-state index in [1.807, 2.05) is 0 Å². The molecule has 0 aliphatic carbocycles. The van der Waals surface area contributed by atoms with Crippen molar-refractivity contribution in [2.45, 2.75) is 6.10 Å². The predicted molar refractivity (Wildman–Crippen MR) is 91.8 cm³/mol. The van der Waals surface area contributed by atoms with Crippen molar-refractivity contribution >= 4 is 33.9 Å². The van der Waals surface area contributed by atoms with E-state index in [0.29, 0.717) is 21.7 Å². The van der Waals surface area contributed by atoms with Crippen LogP contribution in [-0.2, 0) is 0 Å². The molecule has 3 rings (SSSR count). The average molecular weight is 364 g/mol. The van der Waals surface area contributed by atoms with Crippen LogP contribution in [0.2, 0.25) is 5.02 Å². The van der Waals surface area contributed by atoms with Crippen LogP contribution in [0.15, 0.2) is 61.2 Å². The van der Waals surface area contributed by atoms with Crippen LogP contribution in [0.1, 0.15) is 17.2 Å². The van der Waals surface area contributed by atoms with Crippen LogP contribution in [-0.4, -0.2) is 19.9 Å². The van der Waals surface area contributed by atoms with Gasteiger partial charge in [-0.05, 0) is 23.8 Å². The number of aromatic nitrogens is 3. The quantitative estimate of drug-likeness (QED) is 0.748. The number of hydrogen-bond acceptors (Lipinski definition) is 3. The van der Waals surface area contributed by atoms with Crippen molar-refractivity contribution in [2.75, 3.05) is 0 Å². The first-order valence-electron chi connectivity index (χ1n) is 7.01. The van der Waals surface area contributed by atoms with Crippen LogP contribution in [0, 0.1) is 5.82 Å². The van der Waals surface area contributed by atoms with E-state index >= 15 is 0 Å². The van der Waals surface area contributed by atoms with Gasteiger partial charge in [0.2, 0.25) is 0 Å². The molecule has 3 aromatic rings. The molecule has 2 aromatic carbocycles. The van der Waals surface area contributed by atoms with Crippen molar-refractivity contribution in [3.63, 3.8) is 0 Å². The highest BCUT2D eigenvalue weighted by atomic mass is 35.5. The molecule has 0 aliphatic rings. The second-order valence-electron chi connectivity index (χ2n) is 4.98. The van der Waals surface area contributed by atoms with E-state index in [4.69, 9.17) is 23.2 Å². The number of aliphatic hydroxyl groups excluding tert-OH is 1. The number of halogens is 3. The molecule has 0 radical (unpaired) electrons. The zero-order chi connectivity index (χ0) is 17.1. The van der Waals surface area contributed by atoms with E-state index in [-0.39, 0.29) is 11.0 Å². The fraction of sp³-hybridized carbons (Fsp3) is 0.0588. The minimum Gasteiger partial charge on any atom is -0.383 e. The number of benzene rings is 2. The summed E-state index contributed by atoms with van der Waals surface area (Å²) in [6.07, 6.45) is 1.61. The Balaban J connectivity index is 2.17. The van der Waals surface area contributed by atoms with E-state index < -0.39 is 6.10 Å². The van der Waals surface area contributed by atoms with Gasteiger partial charge < -0.3 is 5.11 Å². The summed E-state index contributed by atoms with van der Waals surface area (Å²) in [5.41, 5.74) is 1.37. The van der Waals surface area contributed by atoms with Gasteiger partial charge in [0, 0.05) is 16.2 Å². The molecule has 1 heterocycles. The summed E-state index contributed by atoms with van der Waals surface area (Å²) >= 11 is 12.6. The fourth-order valence-corrected chi connectivity index (χ4v) is 2.84. The zero-order valence-electron chi connectivity index (χ0n) is 12.3. The van der Waals surface area contributed by atoms with Gasteiger partial charge in [0.05, 0.1) is 0 Å². The molecule has 0 bridgehead atoms. The maximum Gasteiger partial charge on any atom is 0.139 e. The van der Waals surface area contributed by atoms with E-state index in [2.05, 4.69) is 10.1 Å². The number of nitrogens with zero attached hydrogens (tertiary/aromatic N) is 3. The van der Waals surface area contributed by atoms with Crippen molar-refractivity contribution in [1.82, 2.24) is 14.8 Å². The van der Waals surface area contributed by atoms with Crippen LogP contribution in [0.5, 0.6) is 0 Å². The molecular formula is C17H12Cl2FN3O. The van der Waals surface area contributed by atoms with Gasteiger partial charge in [0.25, 0.3) is 0 Å². The van der Waals surface area contributed by atoms with Gasteiger partial charge in [-0.15, -0.1) is 0 Å². The number of hydrogen-bond donors (Lipinski definition) is 1. The third-order valence-corrected chi connectivity index (χ3v) is 4.19. The molecule has 24 heavy (non-hydrogen) atoms. The fourth-order valence-electron chi connectivity index (χ4n) is 2.30. The minimum atomic E-state index is -1.12. The molecule has 7 heteroatoms. The summed E-state index contributed by atoms with van der Waals surface area (Å²) in [5, 5.41) is 15.4. The molecule has 0 aliphatic heterocycles. The second-order valence-corrected chi connectivity index (χ2v) is 5.74. The standard InChI is InChI=1S/C17H12Cl2FN3O/c18-14-4-2-1-3-13(14)16(24)15(11-5-7-12(20)8-6-11)17(19)23-10-21-9-22-23/h1-10,16,24H. The second kappa shape index (κ2) is 7.13. The van der Waals surface area contributed by atoms with Gasteiger partial charge >= 0.3 is 0 Å². The molecule has 1 unspecified atom stereocenters. The van der Waals surface area contributed by atoms with E-state index in [0.717, 1.165) is 0 Å². The predicted octanol–water partition coefficient (Wildman–Crippen LogP) is 4.37. The molecule has 0 saturated heterocycles. The Morgan fingerprint density at radius 2 is 1.83 bits per heavy atom. The lowest BCUT2D eigenvalue weighted by molar-refractivity contribution is 0.238. The van der Waals surface area contributed by atoms with Crippen molar-refractivity contribution in [2.24, 2.45) is 0 Å². The lowest BCUT2D eigenvalue weighted by Crippen LogP contribution is -2.06. The Morgan fingerprint density at radius 1 is 1.12 bits per heavy atom. The maximum atomic E-state index is 13.3. The van der Waals surface area contributed by atoms with Gasteiger partial charge in [-0.2, -0.15) is 5.10 Å². The van der Waals surface area contributed by atoms with Gasteiger partial charge in [-0.3, -0.25) is 0 Å². The molecular weight excluding hydrogens is 352 g/mol. The van der Waals surface area contributed by atoms with Gasteiger partial charge in [-0.1, -0.05) is 53.5 Å². The minimum absolute atomic E-state index is 0.145. The zero-order valence-corrected chi connectivity index (χ0v) is 13.8. The van der Waals surface area contributed by atoms with Crippen LogP contribution in [0.3, 0.4) is 0 Å². The van der Waals surface area contributed by atoms with Crippen molar-refractivity contribution in [3.8, 4) is 0 Å². The third-order valence-electron chi connectivity index (χ3n) is 3.47. The number of rotatable bonds is 4. The van der Waals surface area contributed by atoms with E-state index in [9.17, 15) is 9.50 Å². The topological polar surface area (TPSA) is 50.9 Å². The van der Waals surface area contributed by atoms with Crippen molar-refractivity contribution in [1.29, 1.82) is 0 Å². The summed E-state index contributed by atoms with van der Waals surface area (Å²) in [6.45, 7) is 0. The van der Waals surface area contributed by atoms with Crippen LogP contribution in [0.4, 0.5) is 4.39 Å². The van der Waals surface area contributed by atoms with E-state index in [1.165, 1.54) is 41.6 Å². The van der Waals surface area contributed by atoms with Gasteiger partial charge in [-0.25, -0.2) is 14.1 Å². The summed E-state index contributed by atoms with van der Waals surface area (Å²) in [6, 6.07) is 12.5. The molecule has 1 atom stereocenters. The van der Waals surface area contributed by atoms with Crippen LogP contribution < -0.4 is 0 Å². The van der Waals surface area contributed by atoms with Gasteiger partial charge in [0.1, 0.15) is 29.7 Å². The molecule has 0 saturated carbocycles. The highest BCUT2D eigenvalue weighted by molar-refractivity contribution is 6.49.